The highest BCUT2D eigenvalue weighted by molar-refractivity contribution is 6.03. The molecule has 0 radical (unpaired) electrons. The third-order valence-corrected chi connectivity index (χ3v) is 17.7. The first-order chi connectivity index (χ1) is 45.4. The number of carbonyl (C=O) groups is 4. The summed E-state index contributed by atoms with van der Waals surface area (Å²) in [6.45, 7) is 16.0. The zero-order valence-electron chi connectivity index (χ0n) is 55.1. The van der Waals surface area contributed by atoms with Crippen molar-refractivity contribution >= 4 is 35.0 Å². The Bertz CT molecular complexity index is 3890. The number of anilines is 2. The molecular weight excluding hydrogens is 1220 g/mol. The molecule has 6 N–H and O–H groups in total. The van der Waals surface area contributed by atoms with Crippen LogP contribution in [0.5, 0.6) is 23.0 Å². The molecule has 4 aromatic heterocycles. The van der Waals surface area contributed by atoms with Crippen molar-refractivity contribution in [1.82, 2.24) is 61.2 Å². The predicted molar refractivity (Wildman–Crippen MR) is 354 cm³/mol. The average molecular weight is 1300 g/mol. The number of rotatable bonds is 28. The highest BCUT2D eigenvalue weighted by Crippen LogP contribution is 2.42. The van der Waals surface area contributed by atoms with Gasteiger partial charge in [0.15, 0.2) is 0 Å². The van der Waals surface area contributed by atoms with Crippen molar-refractivity contribution in [1.29, 1.82) is 0 Å². The zero-order chi connectivity index (χ0) is 67.9. The maximum absolute atomic E-state index is 14.8. The van der Waals surface area contributed by atoms with E-state index in [0.29, 0.717) is 107 Å². The lowest BCUT2D eigenvalue weighted by Crippen LogP contribution is -2.55. The molecule has 4 aromatic carbocycles. The molecule has 23 nitrogen and oxygen atoms in total. The maximum atomic E-state index is 14.8. The van der Waals surface area contributed by atoms with Crippen LogP contribution in [-0.2, 0) is 55.7 Å². The van der Waals surface area contributed by atoms with Crippen LogP contribution in [0.25, 0.3) is 0 Å². The Kier molecular flexibility index (Phi) is 20.9. The minimum Gasteiger partial charge on any atom is -0.494 e. The van der Waals surface area contributed by atoms with E-state index >= 15 is 0 Å². The lowest BCUT2D eigenvalue weighted by molar-refractivity contribution is -0.129. The van der Waals surface area contributed by atoms with Gasteiger partial charge in [0.2, 0.25) is 11.8 Å². The summed E-state index contributed by atoms with van der Waals surface area (Å²) in [7, 11) is 3.32. The fourth-order valence-corrected chi connectivity index (χ4v) is 11.7. The Balaban J connectivity index is 0.686. The van der Waals surface area contributed by atoms with E-state index in [1.165, 1.54) is 24.3 Å². The maximum Gasteiger partial charge on any atom is 0.251 e. The van der Waals surface area contributed by atoms with E-state index in [9.17, 15) is 37.5 Å². The first-order valence-electron chi connectivity index (χ1n) is 31.9. The van der Waals surface area contributed by atoms with Gasteiger partial charge in [-0.2, -0.15) is 0 Å². The number of ether oxygens (including phenoxy) is 3. The molecule has 8 aromatic rings. The number of aromatic nitrogens is 8. The minimum atomic E-state index is -1.07. The van der Waals surface area contributed by atoms with Crippen LogP contribution in [0.2, 0.25) is 0 Å². The number of nitrogens with one attached hydrogen (secondary N) is 6. The summed E-state index contributed by atoms with van der Waals surface area (Å²) in [6, 6.07) is 25.1. The number of aromatic amines is 2. The van der Waals surface area contributed by atoms with Gasteiger partial charge in [0.1, 0.15) is 46.7 Å². The molecule has 25 heteroatoms. The molecule has 0 saturated carbocycles. The van der Waals surface area contributed by atoms with Crippen molar-refractivity contribution in [3.05, 3.63) is 199 Å². The van der Waals surface area contributed by atoms with E-state index < -0.39 is 47.1 Å². The van der Waals surface area contributed by atoms with Crippen LogP contribution < -0.4 is 56.4 Å². The summed E-state index contributed by atoms with van der Waals surface area (Å²) < 4.78 is 48.8. The van der Waals surface area contributed by atoms with E-state index in [0.717, 1.165) is 11.1 Å². The van der Waals surface area contributed by atoms with Crippen molar-refractivity contribution in [3.8, 4) is 23.0 Å². The number of likely N-dealkylation sites (N-methyl/N-ethyl adjacent to an activating group) is 2. The lowest BCUT2D eigenvalue weighted by atomic mass is 9.91. The van der Waals surface area contributed by atoms with Crippen LogP contribution in [0, 0.1) is 11.6 Å². The van der Waals surface area contributed by atoms with Crippen LogP contribution in [0.3, 0.4) is 0 Å². The molecule has 4 amide bonds. The molecule has 0 spiro atoms. The van der Waals surface area contributed by atoms with Crippen LogP contribution in [0.1, 0.15) is 125 Å². The molecule has 0 aliphatic carbocycles. The monoisotopic (exact) mass is 1300 g/mol. The Morgan fingerprint density at radius 1 is 0.547 bits per heavy atom. The highest BCUT2D eigenvalue weighted by atomic mass is 19.1. The number of amides is 4. The molecular formula is C70H82F2N14O9. The number of halogens is 2. The molecule has 0 saturated heterocycles. The molecule has 10 rings (SSSR count). The molecule has 6 atom stereocenters. The second-order valence-corrected chi connectivity index (χ2v) is 25.8. The van der Waals surface area contributed by atoms with Crippen LogP contribution >= 0.6 is 0 Å². The number of hydrogen-bond donors (Lipinski definition) is 6. The van der Waals surface area contributed by atoms with Gasteiger partial charge in [0.25, 0.3) is 22.9 Å². The topological polar surface area (TPSA) is 278 Å². The minimum absolute atomic E-state index is 0.225. The number of aryl methyl sites for hydroxylation is 2. The van der Waals surface area contributed by atoms with Crippen LogP contribution in [0.4, 0.5) is 20.2 Å². The third kappa shape index (κ3) is 16.0. The van der Waals surface area contributed by atoms with Crippen LogP contribution in [-0.4, -0.2) is 128 Å². The van der Waals surface area contributed by atoms with Gasteiger partial charge in [-0.1, -0.05) is 62.4 Å². The molecule has 0 unspecified atom stereocenters. The number of benzene rings is 4. The Morgan fingerprint density at radius 2 is 0.905 bits per heavy atom. The summed E-state index contributed by atoms with van der Waals surface area (Å²) in [6.07, 6.45) is 6.23. The first kappa shape index (κ1) is 68.0. The van der Waals surface area contributed by atoms with Gasteiger partial charge in [-0.25, -0.2) is 18.1 Å². The van der Waals surface area contributed by atoms with Gasteiger partial charge in [0, 0.05) is 71.7 Å². The normalized spacial score (nSPS) is 15.6. The fraction of sp³-hybridized carbons (Fsp3) is 0.400. The fourth-order valence-electron chi connectivity index (χ4n) is 11.7. The van der Waals surface area contributed by atoms with E-state index in [1.807, 2.05) is 76.2 Å². The molecule has 500 valence electrons. The second kappa shape index (κ2) is 29.2. The van der Waals surface area contributed by atoms with Gasteiger partial charge in [-0.05, 0) is 164 Å². The summed E-state index contributed by atoms with van der Waals surface area (Å²) in [5.41, 5.74) is 4.10. The molecule has 95 heavy (non-hydrogen) atoms. The largest absolute Gasteiger partial charge is 0.494 e. The number of hydrogen-bond acceptors (Lipinski definition) is 15. The van der Waals surface area contributed by atoms with Gasteiger partial charge >= 0.3 is 0 Å². The number of pyridine rings is 2. The summed E-state index contributed by atoms with van der Waals surface area (Å²) in [5.74, 6) is 0.214. The molecule has 0 fully saturated rings. The SMILES string of the molecule is CN[C@@H](C)C(=O)N[C@H](C(=O)N1CC(C)(C)c2[nH]c(=O)c(Cc3ccc(F)cc3)cc21)[C@H](C)n1cc(CCCOc2ccc(Oc3ccc(OCCCc4cn([C@@H](C)[C@H](NC(=O)[C@H](C)NC)C(=O)N5CC(C)(C)c6[nH]c(=O)c(Cc7ccc(F)cc7)cc65)nn4)cc3)cc2)nn1. The Hall–Kier alpha value is -9.88. The van der Waals surface area contributed by atoms with Crippen molar-refractivity contribution in [2.45, 2.75) is 141 Å². The summed E-state index contributed by atoms with van der Waals surface area (Å²) in [5, 5.41) is 29.4. The van der Waals surface area contributed by atoms with E-state index in [4.69, 9.17) is 14.2 Å². The summed E-state index contributed by atoms with van der Waals surface area (Å²) in [4.78, 5) is 92.4. The van der Waals surface area contributed by atoms with E-state index in [2.05, 4.69) is 51.9 Å². The van der Waals surface area contributed by atoms with E-state index in [1.54, 1.807) is 110 Å². The number of fused-ring (bicyclic) bond motifs is 2. The summed E-state index contributed by atoms with van der Waals surface area (Å²) >= 11 is 0. The van der Waals surface area contributed by atoms with Gasteiger partial charge in [0.05, 0.1) is 60.1 Å². The standard InChI is InChI=1S/C70H82F2N14O9/c1-41(73-9)63(87)75-59(67(91)83-39-69(5,6)61-57(83)35-47(65(89)77-61)33-45-15-19-49(71)20-16-45)43(3)85-37-51(79-81-85)13-11-31-93-53-23-27-55(28-24-53)95-56-29-25-54(26-30-56)94-32-12-14-52-38-86(82-80-52)44(4)60(76-64(88)42(2)74-10)68(92)84-40-70(7,8)62-58(84)36-48(66(90)78-62)34-46-17-21-50(72)22-18-46/h15-30,35-38,41-44,59-60,73-74H,11-14,31-34,39-40H2,1-10H3,(H,75,87)(H,76,88)(H,77,89)(H,78,90)/t41-,42-,43-,44-,59-,60-/m0/s1. The Morgan fingerprint density at radius 3 is 1.26 bits per heavy atom. The molecule has 2 aliphatic rings. The van der Waals surface area contributed by atoms with Crippen molar-refractivity contribution in [2.75, 3.05) is 50.2 Å². The van der Waals surface area contributed by atoms with Crippen molar-refractivity contribution < 1.29 is 42.2 Å². The van der Waals surface area contributed by atoms with Crippen molar-refractivity contribution in [3.63, 3.8) is 0 Å². The smallest absolute Gasteiger partial charge is 0.251 e. The van der Waals surface area contributed by atoms with Crippen LogP contribution in [0.15, 0.2) is 131 Å². The number of carbonyl (C=O) groups excluding carboxylic acids is 4. The Labute approximate surface area is 549 Å². The molecule has 0 bridgehead atoms. The number of H-pyrrole nitrogens is 2. The average Bonchev–Trinajstić information content (AvgIpc) is 1.62. The zero-order valence-corrected chi connectivity index (χ0v) is 55.1. The number of nitrogens with zero attached hydrogens (tertiary/aromatic N) is 8. The lowest BCUT2D eigenvalue weighted by Gasteiger charge is -2.30. The highest BCUT2D eigenvalue weighted by Gasteiger charge is 2.45. The van der Waals surface area contributed by atoms with Crippen molar-refractivity contribution in [2.24, 2.45) is 0 Å². The predicted octanol–water partition coefficient (Wildman–Crippen LogP) is 7.48. The quantitative estimate of drug-likeness (QED) is 0.0259. The third-order valence-electron chi connectivity index (χ3n) is 17.7. The van der Waals surface area contributed by atoms with E-state index in [-0.39, 0.29) is 72.3 Å². The first-order valence-corrected chi connectivity index (χ1v) is 31.9. The van der Waals surface area contributed by atoms with Gasteiger partial charge in [-0.3, -0.25) is 28.8 Å². The second-order valence-electron chi connectivity index (χ2n) is 25.8. The van der Waals surface area contributed by atoms with Gasteiger partial charge in [-0.15, -0.1) is 10.2 Å². The molecule has 2 aliphatic heterocycles. The molecule has 6 heterocycles. The van der Waals surface area contributed by atoms with Gasteiger partial charge < -0.3 is 55.2 Å².